The highest BCUT2D eigenvalue weighted by atomic mass is 35.5. The Morgan fingerprint density at radius 3 is 2.35 bits per heavy atom. The van der Waals surface area contributed by atoms with Crippen LogP contribution in [0.1, 0.15) is 18.1 Å². The normalized spacial score (nSPS) is 12.3. The van der Waals surface area contributed by atoms with Crippen molar-refractivity contribution in [2.24, 2.45) is 0 Å². The number of hydrogen-bond acceptors (Lipinski definition) is 2. The van der Waals surface area contributed by atoms with E-state index in [1.54, 1.807) is 11.8 Å². The topological polar surface area (TPSA) is 40.5 Å². The third kappa shape index (κ3) is 3.45. The number of alkyl halides is 1. The Kier molecular flexibility index (Phi) is 4.97. The number of nitrogens with zero attached hydrogens (tertiary/aromatic N) is 1. The molecule has 1 atom stereocenters. The molecule has 94 valence electrons. The standard InChI is InChI=1S/C13H18ClNO2/c1-9-5-4-6-10(2)13(9)15(8-11(3)16)12(17)7-14/h4-6,11,16H,7-8H2,1-3H3. The van der Waals surface area contributed by atoms with Gasteiger partial charge in [-0.1, -0.05) is 18.2 Å². The summed E-state index contributed by atoms with van der Waals surface area (Å²) in [6.07, 6.45) is -0.582. The average molecular weight is 256 g/mol. The van der Waals surface area contributed by atoms with Crippen molar-refractivity contribution < 1.29 is 9.90 Å². The minimum Gasteiger partial charge on any atom is -0.392 e. The minimum atomic E-state index is -0.582. The molecule has 0 aliphatic rings. The van der Waals surface area contributed by atoms with Gasteiger partial charge in [-0.25, -0.2) is 0 Å². The van der Waals surface area contributed by atoms with Crippen molar-refractivity contribution in [2.75, 3.05) is 17.3 Å². The van der Waals surface area contributed by atoms with Gasteiger partial charge in [0, 0.05) is 5.69 Å². The molecule has 1 rings (SSSR count). The minimum absolute atomic E-state index is 0.0828. The zero-order valence-corrected chi connectivity index (χ0v) is 11.2. The first kappa shape index (κ1) is 14.0. The van der Waals surface area contributed by atoms with Gasteiger partial charge in [0.15, 0.2) is 0 Å². The smallest absolute Gasteiger partial charge is 0.242 e. The number of aliphatic hydroxyl groups is 1. The number of amides is 1. The first-order valence-electron chi connectivity index (χ1n) is 5.58. The molecule has 1 unspecified atom stereocenters. The van der Waals surface area contributed by atoms with Crippen LogP contribution in [0.4, 0.5) is 5.69 Å². The van der Waals surface area contributed by atoms with Crippen LogP contribution in [0.5, 0.6) is 0 Å². The molecule has 1 aromatic rings. The summed E-state index contributed by atoms with van der Waals surface area (Å²) in [7, 11) is 0. The van der Waals surface area contributed by atoms with E-state index < -0.39 is 6.10 Å². The fourth-order valence-electron chi connectivity index (χ4n) is 1.89. The number of rotatable bonds is 4. The number of aryl methyl sites for hydroxylation is 2. The summed E-state index contributed by atoms with van der Waals surface area (Å²) in [6.45, 7) is 5.80. The largest absolute Gasteiger partial charge is 0.392 e. The van der Waals surface area contributed by atoms with Crippen molar-refractivity contribution in [3.63, 3.8) is 0 Å². The van der Waals surface area contributed by atoms with Gasteiger partial charge in [-0.05, 0) is 31.9 Å². The average Bonchev–Trinajstić information content (AvgIpc) is 2.26. The van der Waals surface area contributed by atoms with Crippen LogP contribution in [0, 0.1) is 13.8 Å². The lowest BCUT2D eigenvalue weighted by Gasteiger charge is -2.26. The maximum atomic E-state index is 11.8. The molecule has 0 aliphatic carbocycles. The SMILES string of the molecule is Cc1cccc(C)c1N(CC(C)O)C(=O)CCl. The summed E-state index contributed by atoms with van der Waals surface area (Å²) in [5.41, 5.74) is 2.85. The Bertz CT molecular complexity index is 384. The van der Waals surface area contributed by atoms with Crippen LogP contribution < -0.4 is 4.90 Å². The van der Waals surface area contributed by atoms with Crippen molar-refractivity contribution in [3.05, 3.63) is 29.3 Å². The quantitative estimate of drug-likeness (QED) is 0.839. The van der Waals surface area contributed by atoms with Gasteiger partial charge in [-0.3, -0.25) is 4.79 Å². The van der Waals surface area contributed by atoms with Gasteiger partial charge in [-0.2, -0.15) is 0 Å². The molecule has 0 aromatic heterocycles. The molecule has 0 saturated heterocycles. The van der Waals surface area contributed by atoms with E-state index in [1.807, 2.05) is 32.0 Å². The van der Waals surface area contributed by atoms with E-state index in [-0.39, 0.29) is 18.3 Å². The van der Waals surface area contributed by atoms with Crippen LogP contribution in [0.15, 0.2) is 18.2 Å². The highest BCUT2D eigenvalue weighted by molar-refractivity contribution is 6.29. The van der Waals surface area contributed by atoms with Gasteiger partial charge in [-0.15, -0.1) is 11.6 Å². The van der Waals surface area contributed by atoms with Gasteiger partial charge in [0.05, 0.1) is 12.6 Å². The molecule has 0 fully saturated rings. The number of para-hydroxylation sites is 1. The number of aliphatic hydroxyl groups excluding tert-OH is 1. The van der Waals surface area contributed by atoms with E-state index in [1.165, 1.54) is 0 Å². The fraction of sp³-hybridized carbons (Fsp3) is 0.462. The molecule has 3 nitrogen and oxygen atoms in total. The zero-order valence-electron chi connectivity index (χ0n) is 10.4. The van der Waals surface area contributed by atoms with E-state index in [9.17, 15) is 9.90 Å². The predicted molar refractivity (Wildman–Crippen MR) is 70.7 cm³/mol. The van der Waals surface area contributed by atoms with Crippen LogP contribution >= 0.6 is 11.6 Å². The monoisotopic (exact) mass is 255 g/mol. The van der Waals surface area contributed by atoms with Crippen LogP contribution in [0.3, 0.4) is 0 Å². The molecule has 0 radical (unpaired) electrons. The molecular formula is C13H18ClNO2. The number of carbonyl (C=O) groups excluding carboxylic acids is 1. The Morgan fingerprint density at radius 1 is 1.41 bits per heavy atom. The second kappa shape index (κ2) is 6.03. The third-order valence-electron chi connectivity index (χ3n) is 2.57. The fourth-order valence-corrected chi connectivity index (χ4v) is 2.03. The number of carbonyl (C=O) groups is 1. The number of halogens is 1. The lowest BCUT2D eigenvalue weighted by molar-refractivity contribution is -0.116. The van der Waals surface area contributed by atoms with Crippen molar-refractivity contribution in [3.8, 4) is 0 Å². The molecule has 1 amide bonds. The Hall–Kier alpha value is -1.06. The molecule has 0 aliphatic heterocycles. The predicted octanol–water partition coefficient (Wildman–Crippen LogP) is 2.26. The first-order chi connectivity index (χ1) is 7.97. The summed E-state index contributed by atoms with van der Waals surface area (Å²) in [6, 6.07) is 5.83. The Morgan fingerprint density at radius 2 is 1.94 bits per heavy atom. The van der Waals surface area contributed by atoms with Gasteiger partial charge >= 0.3 is 0 Å². The van der Waals surface area contributed by atoms with E-state index in [4.69, 9.17) is 11.6 Å². The summed E-state index contributed by atoms with van der Waals surface area (Å²) >= 11 is 5.61. The second-order valence-electron chi connectivity index (χ2n) is 4.23. The lowest BCUT2D eigenvalue weighted by Crippen LogP contribution is -2.38. The molecule has 0 saturated carbocycles. The number of benzene rings is 1. The highest BCUT2D eigenvalue weighted by Gasteiger charge is 2.19. The van der Waals surface area contributed by atoms with Crippen LogP contribution in [0.2, 0.25) is 0 Å². The highest BCUT2D eigenvalue weighted by Crippen LogP contribution is 2.25. The maximum Gasteiger partial charge on any atom is 0.242 e. The van der Waals surface area contributed by atoms with Gasteiger partial charge in [0.25, 0.3) is 0 Å². The second-order valence-corrected chi connectivity index (χ2v) is 4.49. The summed E-state index contributed by atoms with van der Waals surface area (Å²) in [5, 5.41) is 9.47. The molecule has 17 heavy (non-hydrogen) atoms. The number of hydrogen-bond donors (Lipinski definition) is 1. The van der Waals surface area contributed by atoms with Crippen molar-refractivity contribution in [1.29, 1.82) is 0 Å². The van der Waals surface area contributed by atoms with Crippen molar-refractivity contribution >= 4 is 23.2 Å². The zero-order chi connectivity index (χ0) is 13.0. The van der Waals surface area contributed by atoms with Crippen molar-refractivity contribution in [1.82, 2.24) is 0 Å². The lowest BCUT2D eigenvalue weighted by atomic mass is 10.1. The van der Waals surface area contributed by atoms with Gasteiger partial charge in [0.2, 0.25) is 5.91 Å². The molecular weight excluding hydrogens is 238 g/mol. The third-order valence-corrected chi connectivity index (χ3v) is 2.80. The molecule has 0 bridgehead atoms. The van der Waals surface area contributed by atoms with E-state index in [0.717, 1.165) is 16.8 Å². The van der Waals surface area contributed by atoms with Crippen molar-refractivity contribution in [2.45, 2.75) is 26.9 Å². The van der Waals surface area contributed by atoms with Crippen LogP contribution in [-0.4, -0.2) is 29.5 Å². The number of anilines is 1. The first-order valence-corrected chi connectivity index (χ1v) is 6.11. The Balaban J connectivity index is 3.17. The van der Waals surface area contributed by atoms with Gasteiger partial charge < -0.3 is 10.0 Å². The van der Waals surface area contributed by atoms with Gasteiger partial charge in [0.1, 0.15) is 5.88 Å². The van der Waals surface area contributed by atoms with E-state index in [0.29, 0.717) is 0 Å². The Labute approximate surface area is 107 Å². The molecule has 1 N–H and O–H groups in total. The molecule has 0 spiro atoms. The van der Waals surface area contributed by atoms with Crippen LogP contribution in [0.25, 0.3) is 0 Å². The molecule has 0 heterocycles. The summed E-state index contributed by atoms with van der Waals surface area (Å²) < 4.78 is 0. The molecule has 1 aromatic carbocycles. The van der Waals surface area contributed by atoms with Crippen LogP contribution in [-0.2, 0) is 4.79 Å². The molecule has 4 heteroatoms. The summed E-state index contributed by atoms with van der Waals surface area (Å²) in [5.74, 6) is -0.273. The van der Waals surface area contributed by atoms with E-state index in [2.05, 4.69) is 0 Å². The van der Waals surface area contributed by atoms with E-state index >= 15 is 0 Å². The maximum absolute atomic E-state index is 11.8. The summed E-state index contributed by atoms with van der Waals surface area (Å²) in [4.78, 5) is 13.4.